The minimum Gasteiger partial charge on any atom is -0.469 e. The van der Waals surface area contributed by atoms with Gasteiger partial charge in [0.2, 0.25) is 5.91 Å². The summed E-state index contributed by atoms with van der Waals surface area (Å²) in [5.74, 6) is 2.08. The number of rotatable bonds is 7. The first-order chi connectivity index (χ1) is 12.3. The molecule has 0 aromatic carbocycles. The van der Waals surface area contributed by atoms with Crippen molar-refractivity contribution in [3.8, 4) is 0 Å². The van der Waals surface area contributed by atoms with Gasteiger partial charge in [-0.25, -0.2) is 0 Å². The number of ether oxygens (including phenoxy) is 1. The maximum atomic E-state index is 12.2. The van der Waals surface area contributed by atoms with E-state index < -0.39 is 0 Å². The zero-order chi connectivity index (χ0) is 19.0. The van der Waals surface area contributed by atoms with Gasteiger partial charge in [0.15, 0.2) is 5.96 Å². The smallest absolute Gasteiger partial charge is 0.240 e. The van der Waals surface area contributed by atoms with Gasteiger partial charge >= 0.3 is 0 Å². The molecule has 1 saturated heterocycles. The molecule has 0 saturated carbocycles. The van der Waals surface area contributed by atoms with E-state index in [1.165, 1.54) is 0 Å². The highest BCUT2D eigenvalue weighted by atomic mass is 127. The molecule has 0 radical (unpaired) electrons. The highest BCUT2D eigenvalue weighted by Gasteiger charge is 2.19. The topological polar surface area (TPSA) is 79.1 Å². The van der Waals surface area contributed by atoms with Crippen molar-refractivity contribution in [1.82, 2.24) is 15.5 Å². The first-order valence-electron chi connectivity index (χ1n) is 9.24. The average Bonchev–Trinajstić information content (AvgIpc) is 3.21. The van der Waals surface area contributed by atoms with Crippen LogP contribution in [0.15, 0.2) is 27.8 Å². The minimum atomic E-state index is -0.247. The van der Waals surface area contributed by atoms with E-state index in [1.807, 2.05) is 44.9 Å². The fourth-order valence-corrected chi connectivity index (χ4v) is 2.75. The molecule has 2 heterocycles. The second-order valence-corrected chi connectivity index (χ2v) is 7.80. The van der Waals surface area contributed by atoms with Gasteiger partial charge < -0.3 is 24.7 Å². The average molecular weight is 492 g/mol. The third-order valence-electron chi connectivity index (χ3n) is 4.01. The Bertz CT molecular complexity index is 578. The van der Waals surface area contributed by atoms with Gasteiger partial charge in [-0.3, -0.25) is 9.79 Å². The molecule has 2 rings (SSSR count). The van der Waals surface area contributed by atoms with Crippen molar-refractivity contribution in [3.05, 3.63) is 24.2 Å². The molecule has 0 aliphatic carbocycles. The van der Waals surface area contributed by atoms with Crippen LogP contribution in [0, 0.1) is 5.92 Å². The van der Waals surface area contributed by atoms with Crippen molar-refractivity contribution >= 4 is 35.8 Å². The number of nitrogens with zero attached hydrogens (tertiary/aromatic N) is 2. The molecule has 1 aliphatic rings. The first-order valence-corrected chi connectivity index (χ1v) is 9.24. The van der Waals surface area contributed by atoms with E-state index in [0.29, 0.717) is 19.0 Å². The number of hydrogen-bond donors (Lipinski definition) is 2. The zero-order valence-corrected chi connectivity index (χ0v) is 19.1. The lowest BCUT2D eigenvalue weighted by Crippen LogP contribution is -2.49. The number of furan rings is 1. The number of carbonyl (C=O) groups is 1. The molecule has 1 fully saturated rings. The molecule has 0 bridgehead atoms. The van der Waals surface area contributed by atoms with Crippen molar-refractivity contribution < 1.29 is 13.9 Å². The summed E-state index contributed by atoms with van der Waals surface area (Å²) in [6.07, 6.45) is 3.48. The lowest BCUT2D eigenvalue weighted by atomic mass is 10.1. The predicted molar refractivity (Wildman–Crippen MR) is 118 cm³/mol. The number of hydrogen-bond acceptors (Lipinski definition) is 4. The van der Waals surface area contributed by atoms with Gasteiger partial charge in [-0.05, 0) is 39.3 Å². The van der Waals surface area contributed by atoms with Crippen LogP contribution >= 0.6 is 24.0 Å². The Labute approximate surface area is 179 Å². The fourth-order valence-electron chi connectivity index (χ4n) is 2.75. The second kappa shape index (κ2) is 11.5. The van der Waals surface area contributed by atoms with Crippen molar-refractivity contribution in [2.45, 2.75) is 39.2 Å². The van der Waals surface area contributed by atoms with E-state index in [9.17, 15) is 4.79 Å². The molecule has 0 spiro atoms. The second-order valence-electron chi connectivity index (χ2n) is 7.80. The quantitative estimate of drug-likeness (QED) is 0.347. The molecule has 27 heavy (non-hydrogen) atoms. The molecule has 2 N–H and O–H groups in total. The number of carbonyl (C=O) groups excluding carboxylic acids is 1. The van der Waals surface area contributed by atoms with Crippen LogP contribution in [0.5, 0.6) is 0 Å². The summed E-state index contributed by atoms with van der Waals surface area (Å²) in [6.45, 7) is 9.14. The third-order valence-corrected chi connectivity index (χ3v) is 4.01. The Morgan fingerprint density at radius 1 is 1.41 bits per heavy atom. The lowest BCUT2D eigenvalue weighted by molar-refractivity contribution is -0.122. The van der Waals surface area contributed by atoms with E-state index in [4.69, 9.17) is 14.1 Å². The fraction of sp³-hybridized carbons (Fsp3) is 0.684. The Morgan fingerprint density at radius 2 is 2.19 bits per heavy atom. The van der Waals surface area contributed by atoms with Gasteiger partial charge in [0.05, 0.1) is 19.4 Å². The number of guanidine groups is 1. The van der Waals surface area contributed by atoms with Crippen LogP contribution in [0.3, 0.4) is 0 Å². The van der Waals surface area contributed by atoms with Gasteiger partial charge in [0.25, 0.3) is 0 Å². The number of nitrogens with one attached hydrogen (secondary N) is 2. The van der Waals surface area contributed by atoms with E-state index in [2.05, 4.69) is 10.6 Å². The highest BCUT2D eigenvalue weighted by molar-refractivity contribution is 14.0. The van der Waals surface area contributed by atoms with Crippen LogP contribution in [0.25, 0.3) is 0 Å². The summed E-state index contributed by atoms with van der Waals surface area (Å²) >= 11 is 0. The molecule has 154 valence electrons. The van der Waals surface area contributed by atoms with E-state index >= 15 is 0 Å². The Morgan fingerprint density at radius 3 is 2.78 bits per heavy atom. The van der Waals surface area contributed by atoms with E-state index in [0.717, 1.165) is 37.8 Å². The van der Waals surface area contributed by atoms with Gasteiger partial charge in [-0.2, -0.15) is 0 Å². The van der Waals surface area contributed by atoms with Crippen LogP contribution in [-0.2, 0) is 16.0 Å². The standard InChI is InChI=1S/C19H32N4O3.HI/c1-19(2,3)22-17(24)13-23(4)18(21-12-15-8-11-25-14-15)20-9-7-16-6-5-10-26-16;/h5-6,10,15H,7-9,11-14H2,1-4H3,(H,20,21)(H,22,24);1H. The van der Waals surface area contributed by atoms with Crippen molar-refractivity contribution in [2.75, 3.05) is 39.9 Å². The van der Waals surface area contributed by atoms with Crippen LogP contribution in [0.4, 0.5) is 0 Å². The molecule has 1 unspecified atom stereocenters. The molecule has 1 aromatic heterocycles. The van der Waals surface area contributed by atoms with Crippen LogP contribution in [0.1, 0.15) is 33.0 Å². The minimum absolute atomic E-state index is 0. The van der Waals surface area contributed by atoms with Crippen molar-refractivity contribution in [1.29, 1.82) is 0 Å². The molecule has 7 nitrogen and oxygen atoms in total. The summed E-state index contributed by atoms with van der Waals surface area (Å²) < 4.78 is 10.8. The molecular formula is C19H33IN4O3. The van der Waals surface area contributed by atoms with Crippen LogP contribution < -0.4 is 10.6 Å². The van der Waals surface area contributed by atoms with Gasteiger partial charge in [0, 0.05) is 44.6 Å². The highest BCUT2D eigenvalue weighted by Crippen LogP contribution is 2.12. The number of aliphatic imine (C=N–C) groups is 1. The Kier molecular flexibility index (Phi) is 10.1. The van der Waals surface area contributed by atoms with Crippen LogP contribution in [0.2, 0.25) is 0 Å². The molecule has 1 amide bonds. The number of likely N-dealkylation sites (N-methyl/N-ethyl adjacent to an activating group) is 1. The normalized spacial score (nSPS) is 17.3. The van der Waals surface area contributed by atoms with E-state index in [-0.39, 0.29) is 42.0 Å². The number of amides is 1. The van der Waals surface area contributed by atoms with Crippen molar-refractivity contribution in [2.24, 2.45) is 10.9 Å². The molecule has 1 aromatic rings. The zero-order valence-electron chi connectivity index (χ0n) is 16.8. The van der Waals surface area contributed by atoms with Gasteiger partial charge in [0.1, 0.15) is 5.76 Å². The molecule has 1 aliphatic heterocycles. The summed E-state index contributed by atoms with van der Waals surface area (Å²) in [6, 6.07) is 3.84. The maximum absolute atomic E-state index is 12.2. The Balaban J connectivity index is 0.00000364. The predicted octanol–water partition coefficient (Wildman–Crippen LogP) is 2.27. The monoisotopic (exact) mass is 492 g/mol. The number of halogens is 1. The summed E-state index contributed by atoms with van der Waals surface area (Å²) in [5, 5.41) is 6.33. The van der Waals surface area contributed by atoms with Gasteiger partial charge in [-0.1, -0.05) is 0 Å². The molecular weight excluding hydrogens is 459 g/mol. The Hall–Kier alpha value is -1.29. The molecule has 8 heteroatoms. The summed E-state index contributed by atoms with van der Waals surface area (Å²) in [4.78, 5) is 18.8. The summed E-state index contributed by atoms with van der Waals surface area (Å²) in [5.41, 5.74) is -0.247. The lowest BCUT2D eigenvalue weighted by Gasteiger charge is -2.26. The van der Waals surface area contributed by atoms with Crippen LogP contribution in [-0.4, -0.2) is 62.2 Å². The molecule has 1 atom stereocenters. The van der Waals surface area contributed by atoms with Gasteiger partial charge in [-0.15, -0.1) is 24.0 Å². The SMILES string of the molecule is CN(CC(=O)NC(C)(C)C)C(=NCC1CCOC1)NCCc1ccco1.I. The van der Waals surface area contributed by atoms with E-state index in [1.54, 1.807) is 6.26 Å². The largest absolute Gasteiger partial charge is 0.469 e. The third kappa shape index (κ3) is 9.46. The first kappa shape index (κ1) is 23.7. The van der Waals surface area contributed by atoms with Crippen molar-refractivity contribution in [3.63, 3.8) is 0 Å². The summed E-state index contributed by atoms with van der Waals surface area (Å²) in [7, 11) is 1.88. The maximum Gasteiger partial charge on any atom is 0.240 e.